The highest BCUT2D eigenvalue weighted by Gasteiger charge is 2.65. The van der Waals surface area contributed by atoms with Crippen LogP contribution in [0.25, 0.3) is 0 Å². The largest absolute Gasteiger partial charge is 0.455 e. The van der Waals surface area contributed by atoms with Crippen LogP contribution in [0.5, 0.6) is 0 Å². The Morgan fingerprint density at radius 3 is 1.52 bits per heavy atom. The molecule has 2 bridgehead atoms. The van der Waals surface area contributed by atoms with Crippen molar-refractivity contribution >= 4 is 11.9 Å². The molecule has 2 aromatic rings. The van der Waals surface area contributed by atoms with Gasteiger partial charge in [-0.1, -0.05) is 36.4 Å². The van der Waals surface area contributed by atoms with E-state index >= 15 is 0 Å². The average molecular weight is 421 g/mol. The number of hydrogen-bond donors (Lipinski definition) is 0. The fourth-order valence-electron chi connectivity index (χ4n) is 5.94. The molecule has 0 N–H and O–H groups in total. The molecule has 162 valence electrons. The van der Waals surface area contributed by atoms with Crippen LogP contribution in [0.15, 0.2) is 60.7 Å². The van der Waals surface area contributed by atoms with Gasteiger partial charge in [0.1, 0.15) is 12.2 Å². The zero-order valence-corrected chi connectivity index (χ0v) is 18.0. The standard InChI is InChI=1S/C26H28O5/c1-25-13-14-26(2,31-25)20-16-22(30-24(28)18-11-7-4-8-12-18)21(15-19(20)25)29-23(27)17-9-5-3-6-10-17/h3-12,19-22H,13-16H2,1-2H3. The number of carbonyl (C=O) groups is 2. The molecule has 1 aliphatic carbocycles. The summed E-state index contributed by atoms with van der Waals surface area (Å²) in [5, 5.41) is 0. The summed E-state index contributed by atoms with van der Waals surface area (Å²) in [6, 6.07) is 17.9. The van der Waals surface area contributed by atoms with E-state index in [1.165, 1.54) is 0 Å². The lowest BCUT2D eigenvalue weighted by atomic mass is 9.61. The van der Waals surface area contributed by atoms with E-state index in [9.17, 15) is 9.59 Å². The van der Waals surface area contributed by atoms with Gasteiger partial charge >= 0.3 is 11.9 Å². The molecule has 1 saturated carbocycles. The van der Waals surface area contributed by atoms with E-state index in [4.69, 9.17) is 14.2 Å². The first kappa shape index (κ1) is 20.3. The zero-order valence-electron chi connectivity index (χ0n) is 18.0. The van der Waals surface area contributed by atoms with Crippen LogP contribution in [0, 0.1) is 11.8 Å². The first-order chi connectivity index (χ1) is 14.9. The van der Waals surface area contributed by atoms with Crippen LogP contribution in [-0.2, 0) is 14.2 Å². The molecular formula is C26H28O5. The SMILES string of the molecule is CC12CCC(C)(O1)C1CC(OC(=O)c3ccccc3)C(OC(=O)c3ccccc3)CC12. The Morgan fingerprint density at radius 2 is 1.13 bits per heavy atom. The highest BCUT2D eigenvalue weighted by molar-refractivity contribution is 5.90. The van der Waals surface area contributed by atoms with Gasteiger partial charge in [0.25, 0.3) is 0 Å². The van der Waals surface area contributed by atoms with Crippen molar-refractivity contribution in [3.8, 4) is 0 Å². The summed E-state index contributed by atoms with van der Waals surface area (Å²) in [5.74, 6) is -0.200. The third kappa shape index (κ3) is 3.55. The van der Waals surface area contributed by atoms with Crippen LogP contribution in [0.3, 0.4) is 0 Å². The molecule has 6 atom stereocenters. The van der Waals surface area contributed by atoms with Crippen LogP contribution < -0.4 is 0 Å². The quantitative estimate of drug-likeness (QED) is 0.665. The van der Waals surface area contributed by atoms with Gasteiger partial charge in [-0.3, -0.25) is 0 Å². The maximum absolute atomic E-state index is 12.8. The Kier molecular flexibility index (Phi) is 4.89. The Morgan fingerprint density at radius 1 is 0.742 bits per heavy atom. The lowest BCUT2D eigenvalue weighted by Crippen LogP contribution is -2.51. The molecule has 2 saturated heterocycles. The molecule has 0 spiro atoms. The second-order valence-electron chi connectivity index (χ2n) is 9.53. The highest BCUT2D eigenvalue weighted by Crippen LogP contribution is 2.62. The smallest absolute Gasteiger partial charge is 0.338 e. The van der Waals surface area contributed by atoms with Crippen molar-refractivity contribution in [1.29, 1.82) is 0 Å². The molecule has 31 heavy (non-hydrogen) atoms. The summed E-state index contributed by atoms with van der Waals surface area (Å²) in [5.41, 5.74) is 0.594. The summed E-state index contributed by atoms with van der Waals surface area (Å²) in [7, 11) is 0. The fourth-order valence-corrected chi connectivity index (χ4v) is 5.94. The molecule has 0 aromatic heterocycles. The summed E-state index contributed by atoms with van der Waals surface area (Å²) in [4.78, 5) is 25.6. The van der Waals surface area contributed by atoms with Gasteiger partial charge in [-0.2, -0.15) is 0 Å². The first-order valence-corrected chi connectivity index (χ1v) is 11.1. The van der Waals surface area contributed by atoms with Crippen molar-refractivity contribution in [2.75, 3.05) is 0 Å². The van der Waals surface area contributed by atoms with Crippen LogP contribution in [-0.4, -0.2) is 35.3 Å². The van der Waals surface area contributed by atoms with E-state index in [1.54, 1.807) is 24.3 Å². The van der Waals surface area contributed by atoms with Gasteiger partial charge in [0.15, 0.2) is 0 Å². The molecule has 2 heterocycles. The molecule has 5 rings (SSSR count). The molecule has 2 aromatic carbocycles. The van der Waals surface area contributed by atoms with Gasteiger partial charge in [-0.05, 0) is 75.6 Å². The maximum atomic E-state index is 12.8. The first-order valence-electron chi connectivity index (χ1n) is 11.1. The molecule has 6 unspecified atom stereocenters. The summed E-state index contributed by atoms with van der Waals surface area (Å²) in [6.45, 7) is 4.35. The lowest BCUT2D eigenvalue weighted by molar-refractivity contribution is -0.0848. The predicted molar refractivity (Wildman–Crippen MR) is 115 cm³/mol. The molecule has 5 heteroatoms. The molecule has 5 nitrogen and oxygen atoms in total. The van der Waals surface area contributed by atoms with Crippen molar-refractivity contribution < 1.29 is 23.8 Å². The van der Waals surface area contributed by atoms with Crippen molar-refractivity contribution in [3.05, 3.63) is 71.8 Å². The molecule has 0 radical (unpaired) electrons. The molecule has 3 aliphatic rings. The number of carbonyl (C=O) groups excluding carboxylic acids is 2. The number of hydrogen-bond acceptors (Lipinski definition) is 5. The van der Waals surface area contributed by atoms with Crippen molar-refractivity contribution in [2.45, 2.75) is 62.9 Å². The third-order valence-electron chi connectivity index (χ3n) is 7.56. The van der Waals surface area contributed by atoms with Crippen LogP contribution in [0.2, 0.25) is 0 Å². The minimum atomic E-state index is -0.495. The Bertz CT molecular complexity index is 894. The topological polar surface area (TPSA) is 61.8 Å². The summed E-state index contributed by atoms with van der Waals surface area (Å²) < 4.78 is 18.4. The Hall–Kier alpha value is -2.66. The van der Waals surface area contributed by atoms with Crippen LogP contribution in [0.1, 0.15) is 60.2 Å². The van der Waals surface area contributed by atoms with Gasteiger partial charge < -0.3 is 14.2 Å². The number of benzene rings is 2. The molecule has 2 aliphatic heterocycles. The normalized spacial score (nSPS) is 35.9. The van der Waals surface area contributed by atoms with Gasteiger partial charge in [0.2, 0.25) is 0 Å². The van der Waals surface area contributed by atoms with Gasteiger partial charge in [0.05, 0.1) is 22.3 Å². The van der Waals surface area contributed by atoms with Crippen molar-refractivity contribution in [1.82, 2.24) is 0 Å². The lowest BCUT2D eigenvalue weighted by Gasteiger charge is -2.45. The van der Waals surface area contributed by atoms with Gasteiger partial charge in [0, 0.05) is 0 Å². The number of rotatable bonds is 4. The zero-order chi connectivity index (χ0) is 21.6. The second kappa shape index (κ2) is 7.49. The maximum Gasteiger partial charge on any atom is 0.338 e. The third-order valence-corrected chi connectivity index (χ3v) is 7.56. The van der Waals surface area contributed by atoms with E-state index in [0.29, 0.717) is 24.0 Å². The van der Waals surface area contributed by atoms with E-state index < -0.39 is 12.2 Å². The van der Waals surface area contributed by atoms with E-state index in [1.807, 2.05) is 36.4 Å². The monoisotopic (exact) mass is 420 g/mol. The van der Waals surface area contributed by atoms with E-state index in [0.717, 1.165) is 12.8 Å². The van der Waals surface area contributed by atoms with Crippen LogP contribution >= 0.6 is 0 Å². The number of esters is 2. The molecular weight excluding hydrogens is 392 g/mol. The minimum Gasteiger partial charge on any atom is -0.455 e. The van der Waals surface area contributed by atoms with Gasteiger partial charge in [-0.25, -0.2) is 9.59 Å². The van der Waals surface area contributed by atoms with E-state index in [-0.39, 0.29) is 35.0 Å². The van der Waals surface area contributed by atoms with E-state index in [2.05, 4.69) is 13.8 Å². The summed E-state index contributed by atoms with van der Waals surface area (Å²) >= 11 is 0. The van der Waals surface area contributed by atoms with Gasteiger partial charge in [-0.15, -0.1) is 0 Å². The highest BCUT2D eigenvalue weighted by atomic mass is 16.6. The minimum absolute atomic E-state index is 0.203. The summed E-state index contributed by atoms with van der Waals surface area (Å²) in [6.07, 6.45) is 2.32. The van der Waals surface area contributed by atoms with Crippen LogP contribution in [0.4, 0.5) is 0 Å². The average Bonchev–Trinajstić information content (AvgIpc) is 3.22. The Labute approximate surface area is 182 Å². The number of fused-ring (bicyclic) bond motifs is 5. The predicted octanol–water partition coefficient (Wildman–Crippen LogP) is 4.81. The van der Waals surface area contributed by atoms with Crippen molar-refractivity contribution in [2.24, 2.45) is 11.8 Å². The Balaban J connectivity index is 1.40. The number of ether oxygens (including phenoxy) is 3. The van der Waals surface area contributed by atoms with Crippen molar-refractivity contribution in [3.63, 3.8) is 0 Å². The fraction of sp³-hybridized carbons (Fsp3) is 0.462. The molecule has 0 amide bonds. The molecule has 3 fully saturated rings. The second-order valence-corrected chi connectivity index (χ2v) is 9.53.